The molecular formula is C52H32N4O. The molecule has 5 nitrogen and oxygen atoms in total. The molecule has 12 aromatic rings. The van der Waals surface area contributed by atoms with Gasteiger partial charge in [-0.25, -0.2) is 9.97 Å². The zero-order chi connectivity index (χ0) is 37.5. The first kappa shape index (κ1) is 31.6. The summed E-state index contributed by atoms with van der Waals surface area (Å²) in [5.74, 6) is 0.681. The van der Waals surface area contributed by atoms with E-state index in [0.29, 0.717) is 5.82 Å². The Balaban J connectivity index is 1.15. The predicted octanol–water partition coefficient (Wildman–Crippen LogP) is 13.6. The topological polar surface area (TPSA) is 48.8 Å². The van der Waals surface area contributed by atoms with Gasteiger partial charge in [-0.2, -0.15) is 0 Å². The summed E-state index contributed by atoms with van der Waals surface area (Å²) < 4.78 is 11.3. The molecule has 12 rings (SSSR count). The molecule has 0 saturated carbocycles. The average Bonchev–Trinajstić information content (AvgIpc) is 3.95. The molecule has 0 unspecified atom stereocenters. The van der Waals surface area contributed by atoms with Crippen LogP contribution in [0.15, 0.2) is 199 Å². The summed E-state index contributed by atoms with van der Waals surface area (Å²) in [6.45, 7) is 0. The normalized spacial score (nSPS) is 11.9. The van der Waals surface area contributed by atoms with Crippen LogP contribution >= 0.6 is 0 Å². The van der Waals surface area contributed by atoms with E-state index in [1.165, 1.54) is 27.1 Å². The summed E-state index contributed by atoms with van der Waals surface area (Å²) in [5.41, 5.74) is 13.3. The van der Waals surface area contributed by atoms with E-state index in [0.717, 1.165) is 77.9 Å². The van der Waals surface area contributed by atoms with Crippen molar-refractivity contribution >= 4 is 65.6 Å². The maximum atomic E-state index is 6.45. The Labute approximate surface area is 327 Å². The summed E-state index contributed by atoms with van der Waals surface area (Å²) in [4.78, 5) is 10.3. The smallest absolute Gasteiger partial charge is 0.160 e. The van der Waals surface area contributed by atoms with Crippen LogP contribution in [-0.4, -0.2) is 19.1 Å². The van der Waals surface area contributed by atoms with E-state index >= 15 is 0 Å². The van der Waals surface area contributed by atoms with Crippen LogP contribution in [0, 0.1) is 0 Å². The summed E-state index contributed by atoms with van der Waals surface area (Å²) in [7, 11) is 0. The van der Waals surface area contributed by atoms with Crippen LogP contribution < -0.4 is 0 Å². The van der Waals surface area contributed by atoms with Gasteiger partial charge in [0.25, 0.3) is 0 Å². The number of para-hydroxylation sites is 3. The standard InChI is InChI=1S/C52H32N4O/c1-4-15-33(16-5-1)42-32-43(34-17-6-2-7-18-34)54-52(53-42)35-19-14-22-37(31-35)55-44-25-12-10-23-40(44)48-45(55)29-27-38-39-28-30-47-49(41-24-11-13-26-46(41)57-47)51(39)56(50(38)48)36-20-8-3-9-21-36/h1-32H. The van der Waals surface area contributed by atoms with Crippen LogP contribution in [0.3, 0.4) is 0 Å². The Bertz CT molecular complexity index is 3450. The molecule has 4 heterocycles. The van der Waals surface area contributed by atoms with Gasteiger partial charge in [-0.3, -0.25) is 0 Å². The van der Waals surface area contributed by atoms with Gasteiger partial charge in [0.05, 0.1) is 38.8 Å². The van der Waals surface area contributed by atoms with Crippen molar-refractivity contribution in [3.63, 3.8) is 0 Å². The Morgan fingerprint density at radius 2 is 0.930 bits per heavy atom. The van der Waals surface area contributed by atoms with Gasteiger partial charge in [-0.05, 0) is 60.7 Å². The van der Waals surface area contributed by atoms with Crippen molar-refractivity contribution in [1.82, 2.24) is 19.1 Å². The number of fused-ring (bicyclic) bond motifs is 11. The number of rotatable bonds is 5. The van der Waals surface area contributed by atoms with Crippen molar-refractivity contribution in [1.29, 1.82) is 0 Å². The Kier molecular flexibility index (Phi) is 6.86. The largest absolute Gasteiger partial charge is 0.456 e. The summed E-state index contributed by atoms with van der Waals surface area (Å²) >= 11 is 0. The average molecular weight is 729 g/mol. The molecule has 266 valence electrons. The van der Waals surface area contributed by atoms with E-state index < -0.39 is 0 Å². The van der Waals surface area contributed by atoms with Gasteiger partial charge in [0.1, 0.15) is 11.2 Å². The minimum Gasteiger partial charge on any atom is -0.456 e. The number of benzene rings is 8. The lowest BCUT2D eigenvalue weighted by atomic mass is 10.1. The first-order valence-corrected chi connectivity index (χ1v) is 19.3. The fraction of sp³-hybridized carbons (Fsp3) is 0. The molecule has 57 heavy (non-hydrogen) atoms. The first-order valence-electron chi connectivity index (χ1n) is 19.3. The lowest BCUT2D eigenvalue weighted by Gasteiger charge is -2.12. The van der Waals surface area contributed by atoms with Crippen molar-refractivity contribution in [2.45, 2.75) is 0 Å². The molecule has 0 aliphatic carbocycles. The number of hydrogen-bond donors (Lipinski definition) is 0. The SMILES string of the molecule is c1ccc(-c2cc(-c3ccccc3)nc(-c3cccc(-n4c5ccccc5c5c4ccc4c6ccc7oc8ccccc8c7c6n(-c6ccccc6)c45)c3)n2)cc1. The Morgan fingerprint density at radius 3 is 1.67 bits per heavy atom. The van der Waals surface area contributed by atoms with Gasteiger partial charge in [-0.1, -0.05) is 133 Å². The Morgan fingerprint density at radius 1 is 0.351 bits per heavy atom. The fourth-order valence-corrected chi connectivity index (χ4v) is 8.84. The quantitative estimate of drug-likeness (QED) is 0.177. The highest BCUT2D eigenvalue weighted by atomic mass is 16.3. The number of nitrogens with zero attached hydrogens (tertiary/aromatic N) is 4. The molecule has 8 aromatic carbocycles. The lowest BCUT2D eigenvalue weighted by Crippen LogP contribution is -1.98. The molecule has 5 heteroatoms. The van der Waals surface area contributed by atoms with Crippen LogP contribution in [0.4, 0.5) is 0 Å². The number of furan rings is 1. The van der Waals surface area contributed by atoms with Crippen molar-refractivity contribution in [2.75, 3.05) is 0 Å². The first-order chi connectivity index (χ1) is 28.3. The minimum absolute atomic E-state index is 0.681. The molecule has 0 bridgehead atoms. The van der Waals surface area contributed by atoms with Crippen molar-refractivity contribution in [3.8, 4) is 45.3 Å². The highest BCUT2D eigenvalue weighted by Crippen LogP contribution is 2.45. The zero-order valence-electron chi connectivity index (χ0n) is 30.7. The highest BCUT2D eigenvalue weighted by Gasteiger charge is 2.24. The maximum absolute atomic E-state index is 6.45. The third kappa shape index (κ3) is 4.82. The molecule has 0 spiro atoms. The molecule has 4 aromatic heterocycles. The second-order valence-corrected chi connectivity index (χ2v) is 14.6. The maximum Gasteiger partial charge on any atom is 0.160 e. The second kappa shape index (κ2) is 12.4. The zero-order valence-corrected chi connectivity index (χ0v) is 30.7. The third-order valence-electron chi connectivity index (χ3n) is 11.3. The molecule has 0 N–H and O–H groups in total. The van der Waals surface area contributed by atoms with E-state index in [1.54, 1.807) is 0 Å². The van der Waals surface area contributed by atoms with E-state index in [9.17, 15) is 0 Å². The molecule has 0 atom stereocenters. The summed E-state index contributed by atoms with van der Waals surface area (Å²) in [6.07, 6.45) is 0. The van der Waals surface area contributed by atoms with Crippen LogP contribution in [-0.2, 0) is 0 Å². The van der Waals surface area contributed by atoms with E-state index in [4.69, 9.17) is 14.4 Å². The van der Waals surface area contributed by atoms with Gasteiger partial charge < -0.3 is 13.6 Å². The molecule has 0 amide bonds. The lowest BCUT2D eigenvalue weighted by molar-refractivity contribution is 0.669. The minimum atomic E-state index is 0.681. The molecule has 0 fully saturated rings. The van der Waals surface area contributed by atoms with Gasteiger partial charge >= 0.3 is 0 Å². The Hall–Kier alpha value is -7.76. The number of hydrogen-bond acceptors (Lipinski definition) is 3. The summed E-state index contributed by atoms with van der Waals surface area (Å²) in [5, 5.41) is 7.01. The summed E-state index contributed by atoms with van der Waals surface area (Å²) in [6, 6.07) is 68.2. The van der Waals surface area contributed by atoms with Gasteiger partial charge in [0, 0.05) is 55.0 Å². The van der Waals surface area contributed by atoms with Crippen molar-refractivity contribution in [3.05, 3.63) is 194 Å². The van der Waals surface area contributed by atoms with Crippen LogP contribution in [0.5, 0.6) is 0 Å². The molecule has 0 aliphatic heterocycles. The van der Waals surface area contributed by atoms with Crippen LogP contribution in [0.2, 0.25) is 0 Å². The van der Waals surface area contributed by atoms with Crippen molar-refractivity contribution < 1.29 is 4.42 Å². The van der Waals surface area contributed by atoms with E-state index in [-0.39, 0.29) is 0 Å². The van der Waals surface area contributed by atoms with Crippen molar-refractivity contribution in [2.24, 2.45) is 0 Å². The highest BCUT2D eigenvalue weighted by molar-refractivity contribution is 6.30. The van der Waals surface area contributed by atoms with Gasteiger partial charge in [-0.15, -0.1) is 0 Å². The van der Waals surface area contributed by atoms with Crippen LogP contribution in [0.1, 0.15) is 0 Å². The molecule has 0 radical (unpaired) electrons. The second-order valence-electron chi connectivity index (χ2n) is 14.6. The molecular weight excluding hydrogens is 697 g/mol. The van der Waals surface area contributed by atoms with E-state index in [1.807, 2.05) is 18.2 Å². The van der Waals surface area contributed by atoms with E-state index in [2.05, 4.69) is 185 Å². The third-order valence-corrected chi connectivity index (χ3v) is 11.3. The molecule has 0 saturated heterocycles. The number of aromatic nitrogens is 4. The predicted molar refractivity (Wildman–Crippen MR) is 234 cm³/mol. The monoisotopic (exact) mass is 728 g/mol. The molecule has 0 aliphatic rings. The van der Waals surface area contributed by atoms with Gasteiger partial charge in [0.15, 0.2) is 5.82 Å². The fourth-order valence-electron chi connectivity index (χ4n) is 8.84. The van der Waals surface area contributed by atoms with Crippen LogP contribution in [0.25, 0.3) is 111 Å². The van der Waals surface area contributed by atoms with Gasteiger partial charge in [0.2, 0.25) is 0 Å².